The standard InChI is InChI=1S/C16H18ClN2/c1-11(2)14(15-8-9-18-16(17)19-15)10-13-7-5-4-6-12(13)3/h4-9,14H,10H2,1-3H3. The smallest absolute Gasteiger partial charge is 0.222 e. The SMILES string of the molecule is C[C](C)C(Cc1ccccc1C)c1ccnc(Cl)n1. The van der Waals surface area contributed by atoms with Gasteiger partial charge in [-0.25, -0.2) is 9.97 Å². The second-order valence-electron chi connectivity index (χ2n) is 5.01. The third-order valence-corrected chi connectivity index (χ3v) is 3.57. The molecule has 2 nitrogen and oxygen atoms in total. The number of halogens is 1. The van der Waals surface area contributed by atoms with Crippen molar-refractivity contribution in [2.24, 2.45) is 0 Å². The molecule has 1 aromatic carbocycles. The highest BCUT2D eigenvalue weighted by atomic mass is 35.5. The van der Waals surface area contributed by atoms with Crippen LogP contribution < -0.4 is 0 Å². The quantitative estimate of drug-likeness (QED) is 0.773. The first-order valence-corrected chi connectivity index (χ1v) is 6.78. The predicted octanol–water partition coefficient (Wildman–Crippen LogP) is 4.38. The van der Waals surface area contributed by atoms with Crippen LogP contribution in [0.2, 0.25) is 5.28 Å². The van der Waals surface area contributed by atoms with Crippen molar-refractivity contribution < 1.29 is 0 Å². The molecule has 3 heteroatoms. The van der Waals surface area contributed by atoms with Gasteiger partial charge >= 0.3 is 0 Å². The van der Waals surface area contributed by atoms with Crippen molar-refractivity contribution in [3.63, 3.8) is 0 Å². The van der Waals surface area contributed by atoms with Gasteiger partial charge in [-0.2, -0.15) is 0 Å². The van der Waals surface area contributed by atoms with Gasteiger partial charge in [0.1, 0.15) is 0 Å². The third-order valence-electron chi connectivity index (χ3n) is 3.39. The van der Waals surface area contributed by atoms with Gasteiger partial charge in [-0.15, -0.1) is 0 Å². The molecule has 1 atom stereocenters. The molecule has 19 heavy (non-hydrogen) atoms. The summed E-state index contributed by atoms with van der Waals surface area (Å²) < 4.78 is 0. The van der Waals surface area contributed by atoms with E-state index in [0.29, 0.717) is 5.28 Å². The number of aromatic nitrogens is 2. The lowest BCUT2D eigenvalue weighted by atomic mass is 9.85. The molecule has 2 aromatic rings. The molecule has 0 fully saturated rings. The lowest BCUT2D eigenvalue weighted by Gasteiger charge is -2.21. The van der Waals surface area contributed by atoms with Crippen LogP contribution in [0.25, 0.3) is 0 Å². The lowest BCUT2D eigenvalue weighted by molar-refractivity contribution is 0.672. The molecule has 0 aliphatic rings. The first kappa shape index (κ1) is 14.0. The molecule has 99 valence electrons. The zero-order valence-electron chi connectivity index (χ0n) is 11.5. The number of rotatable bonds is 4. The van der Waals surface area contributed by atoms with Crippen LogP contribution in [0.15, 0.2) is 36.5 Å². The van der Waals surface area contributed by atoms with Gasteiger partial charge in [0.25, 0.3) is 0 Å². The molecule has 1 unspecified atom stereocenters. The van der Waals surface area contributed by atoms with E-state index in [1.807, 2.05) is 6.07 Å². The number of nitrogens with zero attached hydrogens (tertiary/aromatic N) is 2. The van der Waals surface area contributed by atoms with Crippen molar-refractivity contribution in [2.75, 3.05) is 0 Å². The number of aryl methyl sites for hydroxylation is 1. The van der Waals surface area contributed by atoms with E-state index < -0.39 is 0 Å². The van der Waals surface area contributed by atoms with Crippen molar-refractivity contribution in [1.29, 1.82) is 0 Å². The van der Waals surface area contributed by atoms with Crippen LogP contribution in [0.5, 0.6) is 0 Å². The topological polar surface area (TPSA) is 25.8 Å². The van der Waals surface area contributed by atoms with E-state index in [9.17, 15) is 0 Å². The molecule has 0 N–H and O–H groups in total. The third kappa shape index (κ3) is 3.54. The maximum atomic E-state index is 5.90. The van der Waals surface area contributed by atoms with Crippen molar-refractivity contribution in [3.8, 4) is 0 Å². The van der Waals surface area contributed by atoms with Crippen molar-refractivity contribution in [2.45, 2.75) is 33.1 Å². The predicted molar refractivity (Wildman–Crippen MR) is 79.3 cm³/mol. The molecule has 0 saturated carbocycles. The van der Waals surface area contributed by atoms with Gasteiger partial charge in [0.05, 0.1) is 0 Å². The molecule has 1 heterocycles. The Kier molecular flexibility index (Phi) is 4.54. The average Bonchev–Trinajstić information content (AvgIpc) is 2.37. The minimum Gasteiger partial charge on any atom is -0.227 e. The normalized spacial score (nSPS) is 12.7. The second-order valence-corrected chi connectivity index (χ2v) is 5.35. The summed E-state index contributed by atoms with van der Waals surface area (Å²) in [5.74, 6) is 1.61. The van der Waals surface area contributed by atoms with Crippen LogP contribution in [0.1, 0.15) is 36.6 Å². The summed E-state index contributed by atoms with van der Waals surface area (Å²) in [6.07, 6.45) is 2.67. The molecule has 0 bridgehead atoms. The Morgan fingerprint density at radius 1 is 1.21 bits per heavy atom. The maximum Gasteiger partial charge on any atom is 0.222 e. The van der Waals surface area contributed by atoms with Gasteiger partial charge in [0, 0.05) is 17.8 Å². The van der Waals surface area contributed by atoms with Gasteiger partial charge in [0.2, 0.25) is 5.28 Å². The minimum atomic E-state index is 0.279. The fourth-order valence-corrected chi connectivity index (χ4v) is 2.36. The highest BCUT2D eigenvalue weighted by Crippen LogP contribution is 2.29. The zero-order chi connectivity index (χ0) is 13.8. The average molecular weight is 274 g/mol. The molecule has 1 radical (unpaired) electrons. The fourth-order valence-electron chi connectivity index (χ4n) is 2.21. The molecule has 0 saturated heterocycles. The molecular weight excluding hydrogens is 256 g/mol. The van der Waals surface area contributed by atoms with E-state index in [1.165, 1.54) is 17.0 Å². The Hall–Kier alpha value is -1.41. The van der Waals surface area contributed by atoms with Gasteiger partial charge in [-0.3, -0.25) is 0 Å². The number of benzene rings is 1. The van der Waals surface area contributed by atoms with Crippen LogP contribution in [0.3, 0.4) is 0 Å². The van der Waals surface area contributed by atoms with E-state index in [1.54, 1.807) is 6.20 Å². The summed E-state index contributed by atoms with van der Waals surface area (Å²) in [4.78, 5) is 8.31. The summed E-state index contributed by atoms with van der Waals surface area (Å²) in [7, 11) is 0. The Morgan fingerprint density at radius 3 is 2.58 bits per heavy atom. The van der Waals surface area contributed by atoms with E-state index in [-0.39, 0.29) is 5.92 Å². The summed E-state index contributed by atoms with van der Waals surface area (Å²) in [5.41, 5.74) is 3.65. The molecule has 0 aliphatic heterocycles. The Bertz CT molecular complexity index is 552. The Balaban J connectivity index is 2.29. The van der Waals surface area contributed by atoms with Crippen molar-refractivity contribution in [1.82, 2.24) is 9.97 Å². The lowest BCUT2D eigenvalue weighted by Crippen LogP contribution is -2.11. The zero-order valence-corrected chi connectivity index (χ0v) is 12.3. The second kappa shape index (κ2) is 6.16. The van der Waals surface area contributed by atoms with Crippen LogP contribution in [-0.2, 0) is 6.42 Å². The first-order valence-electron chi connectivity index (χ1n) is 6.41. The molecule has 0 amide bonds. The van der Waals surface area contributed by atoms with Crippen LogP contribution in [0, 0.1) is 12.8 Å². The fraction of sp³-hybridized carbons (Fsp3) is 0.312. The Labute approximate surface area is 119 Å². The van der Waals surface area contributed by atoms with Gasteiger partial charge in [-0.1, -0.05) is 38.1 Å². The minimum absolute atomic E-state index is 0.279. The van der Waals surface area contributed by atoms with Crippen LogP contribution >= 0.6 is 11.6 Å². The van der Waals surface area contributed by atoms with E-state index in [2.05, 4.69) is 55.0 Å². The van der Waals surface area contributed by atoms with E-state index in [0.717, 1.165) is 12.1 Å². The van der Waals surface area contributed by atoms with Gasteiger partial charge < -0.3 is 0 Å². The molecular formula is C16H18ClN2. The molecule has 0 spiro atoms. The monoisotopic (exact) mass is 273 g/mol. The highest BCUT2D eigenvalue weighted by molar-refractivity contribution is 6.28. The van der Waals surface area contributed by atoms with Crippen molar-refractivity contribution >= 4 is 11.6 Å². The number of hydrogen-bond donors (Lipinski definition) is 0. The summed E-state index contributed by atoms with van der Waals surface area (Å²) >= 11 is 5.90. The van der Waals surface area contributed by atoms with Crippen LogP contribution in [-0.4, -0.2) is 9.97 Å². The summed E-state index contributed by atoms with van der Waals surface area (Å²) in [6, 6.07) is 10.4. The van der Waals surface area contributed by atoms with Crippen LogP contribution in [0.4, 0.5) is 0 Å². The summed E-state index contributed by atoms with van der Waals surface area (Å²) in [5, 5.41) is 0.313. The molecule has 2 rings (SSSR count). The van der Waals surface area contributed by atoms with Crippen molar-refractivity contribution in [3.05, 3.63) is 64.6 Å². The van der Waals surface area contributed by atoms with E-state index in [4.69, 9.17) is 11.6 Å². The molecule has 0 aliphatic carbocycles. The first-order chi connectivity index (χ1) is 9.08. The number of hydrogen-bond acceptors (Lipinski definition) is 2. The highest BCUT2D eigenvalue weighted by Gasteiger charge is 2.19. The Morgan fingerprint density at radius 2 is 1.95 bits per heavy atom. The maximum absolute atomic E-state index is 5.90. The molecule has 1 aromatic heterocycles. The van der Waals surface area contributed by atoms with Gasteiger partial charge in [0.15, 0.2) is 0 Å². The van der Waals surface area contributed by atoms with E-state index >= 15 is 0 Å². The largest absolute Gasteiger partial charge is 0.227 e. The van der Waals surface area contributed by atoms with Gasteiger partial charge in [-0.05, 0) is 48.1 Å². The summed E-state index contributed by atoms with van der Waals surface area (Å²) in [6.45, 7) is 6.42.